The van der Waals surface area contributed by atoms with Crippen LogP contribution in [-0.2, 0) is 26.4 Å². The van der Waals surface area contributed by atoms with E-state index in [2.05, 4.69) is 0 Å². The Balaban J connectivity index is 2.37. The van der Waals surface area contributed by atoms with Crippen LogP contribution < -0.4 is 5.73 Å². The fourth-order valence-corrected chi connectivity index (χ4v) is 5.38. The van der Waals surface area contributed by atoms with Crippen molar-refractivity contribution in [1.29, 1.82) is 0 Å². The lowest BCUT2D eigenvalue weighted by molar-refractivity contribution is 0.430. The summed E-state index contributed by atoms with van der Waals surface area (Å²) in [5, 5.41) is 0. The minimum atomic E-state index is -3.66. The summed E-state index contributed by atoms with van der Waals surface area (Å²) in [5.74, 6) is -0.246. The van der Waals surface area contributed by atoms with E-state index in [9.17, 15) is 16.8 Å². The Labute approximate surface area is 119 Å². The van der Waals surface area contributed by atoms with Gasteiger partial charge in [0.15, 0.2) is 9.84 Å². The summed E-state index contributed by atoms with van der Waals surface area (Å²) in [6, 6.07) is 4.98. The number of nitrogens with zero attached hydrogens (tertiary/aromatic N) is 1. The third-order valence-electron chi connectivity index (χ3n) is 3.54. The zero-order valence-corrected chi connectivity index (χ0v) is 12.9. The molecule has 0 bridgehead atoms. The normalized spacial score (nSPS) is 19.9. The number of hydrogen-bond acceptors (Lipinski definition) is 5. The van der Waals surface area contributed by atoms with Gasteiger partial charge in [0.1, 0.15) is 0 Å². The highest BCUT2D eigenvalue weighted by Gasteiger charge is 2.32. The van der Waals surface area contributed by atoms with Crippen LogP contribution in [-0.4, -0.2) is 45.7 Å². The molecule has 0 amide bonds. The maximum absolute atomic E-state index is 12.6. The highest BCUT2D eigenvalue weighted by Crippen LogP contribution is 2.23. The standard InChI is InChI=1S/C12H18N2O4S2/c1-10-11(9-13)3-2-4-12(10)20(17,18)14-5-7-19(15,16)8-6-14/h2-4H,5-9,13H2,1H3. The molecule has 0 aromatic heterocycles. The zero-order chi connectivity index (χ0) is 15.0. The van der Waals surface area contributed by atoms with Crippen molar-refractivity contribution in [2.45, 2.75) is 18.4 Å². The van der Waals surface area contributed by atoms with Crippen LogP contribution >= 0.6 is 0 Å². The Morgan fingerprint density at radius 3 is 2.40 bits per heavy atom. The third kappa shape index (κ3) is 2.88. The fraction of sp³-hybridized carbons (Fsp3) is 0.500. The minimum absolute atomic E-state index is 0.0109. The summed E-state index contributed by atoms with van der Waals surface area (Å²) in [6.07, 6.45) is 0. The molecular weight excluding hydrogens is 300 g/mol. The third-order valence-corrected chi connectivity index (χ3v) is 7.19. The molecule has 1 aliphatic heterocycles. The number of sulfonamides is 1. The van der Waals surface area contributed by atoms with Crippen LogP contribution in [0.25, 0.3) is 0 Å². The van der Waals surface area contributed by atoms with Crippen molar-refractivity contribution in [3.05, 3.63) is 29.3 Å². The van der Waals surface area contributed by atoms with E-state index >= 15 is 0 Å². The van der Waals surface area contributed by atoms with Crippen molar-refractivity contribution in [3.63, 3.8) is 0 Å². The van der Waals surface area contributed by atoms with E-state index in [-0.39, 0.29) is 36.0 Å². The average molecular weight is 318 g/mol. The van der Waals surface area contributed by atoms with Gasteiger partial charge in [-0.05, 0) is 24.1 Å². The van der Waals surface area contributed by atoms with Gasteiger partial charge in [-0.3, -0.25) is 0 Å². The fourth-order valence-electron chi connectivity index (χ4n) is 2.24. The van der Waals surface area contributed by atoms with Gasteiger partial charge in [0.25, 0.3) is 0 Å². The summed E-state index contributed by atoms with van der Waals surface area (Å²) in [4.78, 5) is 0.208. The number of nitrogens with two attached hydrogens (primary N) is 1. The van der Waals surface area contributed by atoms with Crippen molar-refractivity contribution < 1.29 is 16.8 Å². The molecule has 1 aliphatic rings. The Morgan fingerprint density at radius 1 is 1.25 bits per heavy atom. The lowest BCUT2D eigenvalue weighted by Crippen LogP contribution is -2.43. The first-order valence-corrected chi connectivity index (χ1v) is 9.53. The molecule has 0 radical (unpaired) electrons. The molecular formula is C12H18N2O4S2. The van der Waals surface area contributed by atoms with Crippen molar-refractivity contribution >= 4 is 19.9 Å². The van der Waals surface area contributed by atoms with E-state index in [1.54, 1.807) is 19.1 Å². The maximum Gasteiger partial charge on any atom is 0.243 e. The lowest BCUT2D eigenvalue weighted by Gasteiger charge is -2.26. The molecule has 2 rings (SSSR count). The molecule has 0 spiro atoms. The number of hydrogen-bond donors (Lipinski definition) is 1. The predicted octanol–water partition coefficient (Wildman–Crippen LogP) is -0.127. The molecule has 1 aromatic rings. The minimum Gasteiger partial charge on any atom is -0.326 e. The van der Waals surface area contributed by atoms with E-state index in [0.29, 0.717) is 5.56 Å². The number of benzene rings is 1. The average Bonchev–Trinajstić information content (AvgIpc) is 2.38. The first kappa shape index (κ1) is 15.4. The summed E-state index contributed by atoms with van der Waals surface area (Å²) >= 11 is 0. The molecule has 20 heavy (non-hydrogen) atoms. The van der Waals surface area contributed by atoms with Crippen molar-refractivity contribution in [1.82, 2.24) is 4.31 Å². The van der Waals surface area contributed by atoms with Gasteiger partial charge in [0, 0.05) is 19.6 Å². The van der Waals surface area contributed by atoms with E-state index < -0.39 is 19.9 Å². The van der Waals surface area contributed by atoms with Gasteiger partial charge in [-0.2, -0.15) is 4.31 Å². The van der Waals surface area contributed by atoms with Gasteiger partial charge in [-0.1, -0.05) is 12.1 Å². The summed E-state index contributed by atoms with van der Waals surface area (Å²) < 4.78 is 49.2. The van der Waals surface area contributed by atoms with Crippen LogP contribution in [0.5, 0.6) is 0 Å². The number of sulfone groups is 1. The van der Waals surface area contributed by atoms with Crippen LogP contribution in [0.4, 0.5) is 0 Å². The lowest BCUT2D eigenvalue weighted by atomic mass is 10.1. The Hall–Kier alpha value is -0.960. The quantitative estimate of drug-likeness (QED) is 0.837. The monoisotopic (exact) mass is 318 g/mol. The van der Waals surface area contributed by atoms with Gasteiger partial charge < -0.3 is 5.73 Å². The molecule has 0 saturated carbocycles. The maximum atomic E-state index is 12.6. The van der Waals surface area contributed by atoms with Crippen LogP contribution in [0.2, 0.25) is 0 Å². The van der Waals surface area contributed by atoms with Crippen LogP contribution in [0.3, 0.4) is 0 Å². The Kier molecular flexibility index (Phi) is 4.19. The van der Waals surface area contributed by atoms with Crippen molar-refractivity contribution in [2.75, 3.05) is 24.6 Å². The molecule has 0 atom stereocenters. The predicted molar refractivity (Wildman–Crippen MR) is 76.5 cm³/mol. The Bertz CT molecular complexity index is 697. The van der Waals surface area contributed by atoms with E-state index in [1.807, 2.05) is 0 Å². The van der Waals surface area contributed by atoms with E-state index in [4.69, 9.17) is 5.73 Å². The molecule has 8 heteroatoms. The molecule has 0 unspecified atom stereocenters. The zero-order valence-electron chi connectivity index (χ0n) is 11.2. The first-order chi connectivity index (χ1) is 9.28. The van der Waals surface area contributed by atoms with Gasteiger partial charge in [-0.15, -0.1) is 0 Å². The van der Waals surface area contributed by atoms with Gasteiger partial charge in [0.05, 0.1) is 16.4 Å². The molecule has 1 aromatic carbocycles. The summed E-state index contributed by atoms with van der Waals surface area (Å²) in [5.41, 5.74) is 6.99. The smallest absolute Gasteiger partial charge is 0.243 e. The summed E-state index contributed by atoms with van der Waals surface area (Å²) in [7, 11) is -6.77. The summed E-state index contributed by atoms with van der Waals surface area (Å²) in [6.45, 7) is 2.01. The van der Waals surface area contributed by atoms with Gasteiger partial charge in [0.2, 0.25) is 10.0 Å². The van der Waals surface area contributed by atoms with Crippen LogP contribution in [0.15, 0.2) is 23.1 Å². The van der Waals surface area contributed by atoms with Gasteiger partial charge in [-0.25, -0.2) is 16.8 Å². The molecule has 2 N–H and O–H groups in total. The first-order valence-electron chi connectivity index (χ1n) is 6.27. The second kappa shape index (κ2) is 5.44. The topological polar surface area (TPSA) is 97.5 Å². The number of rotatable bonds is 3. The second-order valence-corrected chi connectivity index (χ2v) is 9.01. The second-order valence-electron chi connectivity index (χ2n) is 4.80. The van der Waals surface area contributed by atoms with Gasteiger partial charge >= 0.3 is 0 Å². The van der Waals surface area contributed by atoms with Crippen LogP contribution in [0, 0.1) is 6.92 Å². The molecule has 1 heterocycles. The Morgan fingerprint density at radius 2 is 1.85 bits per heavy atom. The van der Waals surface area contributed by atoms with Crippen molar-refractivity contribution in [3.8, 4) is 0 Å². The van der Waals surface area contributed by atoms with Crippen LogP contribution in [0.1, 0.15) is 11.1 Å². The SMILES string of the molecule is Cc1c(CN)cccc1S(=O)(=O)N1CCS(=O)(=O)CC1. The molecule has 112 valence electrons. The molecule has 0 aliphatic carbocycles. The van der Waals surface area contributed by atoms with Crippen molar-refractivity contribution in [2.24, 2.45) is 5.73 Å². The molecule has 6 nitrogen and oxygen atoms in total. The highest BCUT2D eigenvalue weighted by atomic mass is 32.2. The van der Waals surface area contributed by atoms with E-state index in [1.165, 1.54) is 10.4 Å². The highest BCUT2D eigenvalue weighted by molar-refractivity contribution is 7.92. The largest absolute Gasteiger partial charge is 0.326 e. The van der Waals surface area contributed by atoms with E-state index in [0.717, 1.165) is 5.56 Å². The molecule has 1 saturated heterocycles. The molecule has 1 fully saturated rings.